The lowest BCUT2D eigenvalue weighted by molar-refractivity contribution is 0.00578. The average Bonchev–Trinajstić information content (AvgIpc) is 2.81. The lowest BCUT2D eigenvalue weighted by Crippen LogP contribution is -2.49. The van der Waals surface area contributed by atoms with Gasteiger partial charge in [0.05, 0.1) is 11.2 Å². The SMILES string of the molecule is CC(C)(C)OC(=O)NC1CCCN(c2ncc(B3OC(C)(C)C(C)(C)O3)cn2)C1. The van der Waals surface area contributed by atoms with E-state index in [1.807, 2.05) is 48.5 Å². The van der Waals surface area contributed by atoms with Crippen molar-refractivity contribution in [3.8, 4) is 0 Å². The zero-order valence-electron chi connectivity index (χ0n) is 18.6. The number of hydrogen-bond acceptors (Lipinski definition) is 7. The Morgan fingerprint density at radius 1 is 1.21 bits per heavy atom. The van der Waals surface area contributed by atoms with E-state index in [1.54, 1.807) is 12.4 Å². The molecule has 2 aliphatic rings. The monoisotopic (exact) mass is 404 g/mol. The Kier molecular flexibility index (Phi) is 5.84. The maximum absolute atomic E-state index is 12.1. The van der Waals surface area contributed by atoms with Crippen LogP contribution in [0.25, 0.3) is 0 Å². The highest BCUT2D eigenvalue weighted by Crippen LogP contribution is 2.36. The zero-order chi connectivity index (χ0) is 21.4. The smallest absolute Gasteiger partial charge is 0.444 e. The van der Waals surface area contributed by atoms with Crippen molar-refractivity contribution in [1.82, 2.24) is 15.3 Å². The second-order valence-corrected chi connectivity index (χ2v) is 9.84. The van der Waals surface area contributed by atoms with Crippen molar-refractivity contribution in [3.05, 3.63) is 12.4 Å². The van der Waals surface area contributed by atoms with Gasteiger partial charge in [0.2, 0.25) is 5.95 Å². The summed E-state index contributed by atoms with van der Waals surface area (Å²) >= 11 is 0. The molecule has 9 heteroatoms. The Balaban J connectivity index is 1.61. The van der Waals surface area contributed by atoms with Crippen molar-refractivity contribution in [2.24, 2.45) is 0 Å². The second-order valence-electron chi connectivity index (χ2n) is 9.84. The number of ether oxygens (including phenoxy) is 1. The van der Waals surface area contributed by atoms with Gasteiger partial charge >= 0.3 is 13.2 Å². The van der Waals surface area contributed by atoms with Gasteiger partial charge < -0.3 is 24.3 Å². The normalized spacial score (nSPS) is 23.8. The first-order chi connectivity index (χ1) is 13.4. The first-order valence-electron chi connectivity index (χ1n) is 10.3. The maximum atomic E-state index is 12.1. The highest BCUT2D eigenvalue weighted by atomic mass is 16.7. The minimum Gasteiger partial charge on any atom is -0.444 e. The van der Waals surface area contributed by atoms with E-state index in [2.05, 4.69) is 20.2 Å². The molecule has 3 rings (SSSR count). The Morgan fingerprint density at radius 2 is 1.79 bits per heavy atom. The molecular formula is C20H33BN4O4. The van der Waals surface area contributed by atoms with Crippen LogP contribution in [-0.4, -0.2) is 59.1 Å². The van der Waals surface area contributed by atoms with Crippen LogP contribution >= 0.6 is 0 Å². The molecule has 0 aliphatic carbocycles. The summed E-state index contributed by atoms with van der Waals surface area (Å²) in [5.74, 6) is 0.640. The zero-order valence-corrected chi connectivity index (χ0v) is 18.6. The Morgan fingerprint density at radius 3 is 2.34 bits per heavy atom. The second kappa shape index (κ2) is 7.76. The van der Waals surface area contributed by atoms with E-state index in [1.165, 1.54) is 0 Å². The molecule has 2 saturated heterocycles. The fourth-order valence-electron chi connectivity index (χ4n) is 3.35. The van der Waals surface area contributed by atoms with E-state index in [0.717, 1.165) is 24.8 Å². The van der Waals surface area contributed by atoms with Crippen LogP contribution in [0.5, 0.6) is 0 Å². The van der Waals surface area contributed by atoms with Crippen molar-refractivity contribution in [3.63, 3.8) is 0 Å². The molecule has 8 nitrogen and oxygen atoms in total. The van der Waals surface area contributed by atoms with E-state index in [9.17, 15) is 4.79 Å². The van der Waals surface area contributed by atoms with Crippen LogP contribution in [0, 0.1) is 0 Å². The van der Waals surface area contributed by atoms with Crippen LogP contribution in [0.4, 0.5) is 10.7 Å². The summed E-state index contributed by atoms with van der Waals surface area (Å²) in [5.41, 5.74) is -0.508. The molecule has 1 amide bonds. The van der Waals surface area contributed by atoms with Gasteiger partial charge in [0, 0.05) is 37.0 Å². The van der Waals surface area contributed by atoms with Gasteiger partial charge in [-0.15, -0.1) is 0 Å². The third kappa shape index (κ3) is 5.19. The van der Waals surface area contributed by atoms with Gasteiger partial charge in [0.15, 0.2) is 0 Å². The number of amides is 1. The van der Waals surface area contributed by atoms with Gasteiger partial charge in [-0.1, -0.05) is 0 Å². The number of aromatic nitrogens is 2. The number of carbonyl (C=O) groups excluding carboxylic acids is 1. The molecule has 0 spiro atoms. The number of anilines is 1. The summed E-state index contributed by atoms with van der Waals surface area (Å²) in [5, 5.41) is 2.95. The van der Waals surface area contributed by atoms with Gasteiger partial charge in [0.1, 0.15) is 5.60 Å². The van der Waals surface area contributed by atoms with Crippen LogP contribution in [0.1, 0.15) is 61.3 Å². The Hall–Kier alpha value is -1.87. The summed E-state index contributed by atoms with van der Waals surface area (Å²) in [6.45, 7) is 15.2. The molecule has 2 aliphatic heterocycles. The summed E-state index contributed by atoms with van der Waals surface area (Å²) in [4.78, 5) is 23.2. The first kappa shape index (κ1) is 21.8. The fourth-order valence-corrected chi connectivity index (χ4v) is 3.35. The third-order valence-electron chi connectivity index (χ3n) is 5.61. The molecule has 0 aromatic carbocycles. The van der Waals surface area contributed by atoms with Gasteiger partial charge in [-0.2, -0.15) is 0 Å². The summed E-state index contributed by atoms with van der Waals surface area (Å²) < 4.78 is 17.5. The topological polar surface area (TPSA) is 85.8 Å². The molecule has 0 bridgehead atoms. The van der Waals surface area contributed by atoms with Crippen LogP contribution in [0.3, 0.4) is 0 Å². The van der Waals surface area contributed by atoms with Crippen LogP contribution in [0.15, 0.2) is 12.4 Å². The Bertz CT molecular complexity index is 717. The molecule has 160 valence electrons. The Labute approximate surface area is 173 Å². The average molecular weight is 404 g/mol. The quantitative estimate of drug-likeness (QED) is 0.774. The predicted molar refractivity (Wildman–Crippen MR) is 112 cm³/mol. The highest BCUT2D eigenvalue weighted by Gasteiger charge is 2.52. The van der Waals surface area contributed by atoms with E-state index >= 15 is 0 Å². The minimum atomic E-state index is -0.509. The number of rotatable bonds is 3. The number of nitrogens with zero attached hydrogens (tertiary/aromatic N) is 3. The lowest BCUT2D eigenvalue weighted by Gasteiger charge is -2.33. The number of hydrogen-bond donors (Lipinski definition) is 1. The summed E-state index contributed by atoms with van der Waals surface area (Å²) in [6.07, 6.45) is 4.98. The fraction of sp³-hybridized carbons (Fsp3) is 0.750. The molecule has 3 heterocycles. The largest absolute Gasteiger partial charge is 0.498 e. The molecule has 1 unspecified atom stereocenters. The minimum absolute atomic E-state index is 0.00461. The number of carbonyl (C=O) groups is 1. The molecule has 1 atom stereocenters. The number of nitrogens with one attached hydrogen (secondary N) is 1. The van der Waals surface area contributed by atoms with Crippen molar-refractivity contribution in [2.75, 3.05) is 18.0 Å². The van der Waals surface area contributed by atoms with Gasteiger partial charge in [-0.05, 0) is 61.3 Å². The van der Waals surface area contributed by atoms with Crippen LogP contribution < -0.4 is 15.7 Å². The predicted octanol–water partition coefficient (Wildman–Crippen LogP) is 2.27. The van der Waals surface area contributed by atoms with E-state index in [-0.39, 0.29) is 12.1 Å². The summed E-state index contributed by atoms with van der Waals surface area (Å²) in [6, 6.07) is 0.00461. The van der Waals surface area contributed by atoms with E-state index in [4.69, 9.17) is 14.0 Å². The molecule has 2 fully saturated rings. The molecule has 1 aromatic heterocycles. The van der Waals surface area contributed by atoms with Crippen molar-refractivity contribution in [2.45, 2.75) is 84.2 Å². The van der Waals surface area contributed by atoms with Crippen molar-refractivity contribution in [1.29, 1.82) is 0 Å². The van der Waals surface area contributed by atoms with Gasteiger partial charge in [-0.3, -0.25) is 0 Å². The number of piperidine rings is 1. The first-order valence-corrected chi connectivity index (χ1v) is 10.3. The molecule has 29 heavy (non-hydrogen) atoms. The molecule has 0 radical (unpaired) electrons. The maximum Gasteiger partial charge on any atom is 0.498 e. The van der Waals surface area contributed by atoms with Crippen molar-refractivity contribution < 1.29 is 18.8 Å². The standard InChI is InChI=1S/C20H33BN4O4/c1-18(2,3)27-17(26)24-15-9-8-10-25(13-15)16-22-11-14(12-23-16)21-28-19(4,5)20(6,7)29-21/h11-12,15H,8-10,13H2,1-7H3,(H,24,26). The van der Waals surface area contributed by atoms with Crippen molar-refractivity contribution >= 4 is 24.6 Å². The van der Waals surface area contributed by atoms with Crippen LogP contribution in [-0.2, 0) is 14.0 Å². The van der Waals surface area contributed by atoms with E-state index in [0.29, 0.717) is 12.5 Å². The molecule has 0 saturated carbocycles. The van der Waals surface area contributed by atoms with E-state index < -0.39 is 23.9 Å². The summed E-state index contributed by atoms with van der Waals surface area (Å²) in [7, 11) is -0.475. The highest BCUT2D eigenvalue weighted by molar-refractivity contribution is 6.61. The van der Waals surface area contributed by atoms with Gasteiger partial charge in [-0.25, -0.2) is 14.8 Å². The van der Waals surface area contributed by atoms with Crippen LogP contribution in [0.2, 0.25) is 0 Å². The third-order valence-corrected chi connectivity index (χ3v) is 5.61. The number of alkyl carbamates (subject to hydrolysis) is 1. The lowest BCUT2D eigenvalue weighted by atomic mass is 9.81. The molecule has 1 aromatic rings. The molecular weight excluding hydrogens is 371 g/mol. The van der Waals surface area contributed by atoms with Gasteiger partial charge in [0.25, 0.3) is 0 Å². The molecule has 1 N–H and O–H groups in total.